The molecule has 1 heterocycles. The van der Waals surface area contributed by atoms with Gasteiger partial charge >= 0.3 is 0 Å². The van der Waals surface area contributed by atoms with E-state index < -0.39 is 0 Å². The number of nitrogens with zero attached hydrogens (tertiary/aromatic N) is 1. The Bertz CT molecular complexity index is 436. The van der Waals surface area contributed by atoms with Crippen LogP contribution in [0.3, 0.4) is 0 Å². The van der Waals surface area contributed by atoms with E-state index in [0.717, 1.165) is 31.8 Å². The minimum atomic E-state index is 0.126. The van der Waals surface area contributed by atoms with E-state index in [-0.39, 0.29) is 17.6 Å². The van der Waals surface area contributed by atoms with E-state index in [2.05, 4.69) is 0 Å². The highest BCUT2D eigenvalue weighted by Crippen LogP contribution is 2.17. The Labute approximate surface area is 125 Å². The summed E-state index contributed by atoms with van der Waals surface area (Å²) in [5, 5.41) is 16.2. The molecule has 1 aromatic rings. The molecule has 0 radical (unpaired) electrons. The molecule has 0 aromatic heterocycles. The molecule has 0 saturated carbocycles. The number of rotatable bonds is 4. The molecule has 116 valence electrons. The zero-order chi connectivity index (χ0) is 15.7. The zero-order valence-electron chi connectivity index (χ0n) is 12.4. The highest BCUT2D eigenvalue weighted by molar-refractivity contribution is 5.76. The fourth-order valence-electron chi connectivity index (χ4n) is 2.36. The Balaban J connectivity index is 0.00000106. The molecular formula is C16H23NO4. The van der Waals surface area contributed by atoms with E-state index in [4.69, 9.17) is 5.11 Å². The molecule has 1 aliphatic heterocycles. The second-order valence-corrected chi connectivity index (χ2v) is 5.02. The first-order valence-corrected chi connectivity index (χ1v) is 7.15. The van der Waals surface area contributed by atoms with Gasteiger partial charge in [0.15, 0.2) is 0 Å². The number of aromatic hydroxyl groups is 1. The summed E-state index contributed by atoms with van der Waals surface area (Å²) in [6.07, 6.45) is 3.74. The van der Waals surface area contributed by atoms with Crippen LogP contribution < -0.4 is 0 Å². The molecule has 1 amide bonds. The van der Waals surface area contributed by atoms with Crippen LogP contribution >= 0.6 is 0 Å². The molecule has 2 N–H and O–H groups in total. The maximum absolute atomic E-state index is 12.0. The molecule has 0 unspecified atom stereocenters. The van der Waals surface area contributed by atoms with E-state index >= 15 is 0 Å². The number of likely N-dealkylation sites (tertiary alicyclic amines) is 1. The summed E-state index contributed by atoms with van der Waals surface area (Å²) in [4.78, 5) is 24.5. The molecule has 1 aromatic carbocycles. The minimum Gasteiger partial charge on any atom is -0.508 e. The summed E-state index contributed by atoms with van der Waals surface area (Å²) < 4.78 is 0. The lowest BCUT2D eigenvalue weighted by molar-refractivity contribution is -0.133. The zero-order valence-corrected chi connectivity index (χ0v) is 12.4. The number of hydrogen-bond donors (Lipinski definition) is 2. The number of benzene rings is 1. The molecular weight excluding hydrogens is 270 g/mol. The average molecular weight is 293 g/mol. The van der Waals surface area contributed by atoms with Crippen molar-refractivity contribution in [1.29, 1.82) is 0 Å². The number of phenols is 1. The van der Waals surface area contributed by atoms with Crippen molar-refractivity contribution in [1.82, 2.24) is 4.90 Å². The van der Waals surface area contributed by atoms with Gasteiger partial charge in [-0.25, -0.2) is 0 Å². The summed E-state index contributed by atoms with van der Waals surface area (Å²) in [6, 6.07) is 6.94. The van der Waals surface area contributed by atoms with E-state index in [1.807, 2.05) is 17.0 Å². The molecule has 0 atom stereocenters. The number of phenolic OH excluding ortho intramolecular Hbond substituents is 1. The molecule has 5 heteroatoms. The highest BCUT2D eigenvalue weighted by Gasteiger charge is 2.21. The molecule has 0 aliphatic carbocycles. The first kappa shape index (κ1) is 17.2. The standard InChI is InChI=1S/C15H19NO3.CH4O/c17-11-13-7-9-16(10-8-13)15(19)6-3-12-1-4-14(18)5-2-12;1-2/h1-2,4-5,11,13,18H,3,6-10H2;2H,1H3. The van der Waals surface area contributed by atoms with Crippen LogP contribution in [0, 0.1) is 5.92 Å². The molecule has 2 rings (SSSR count). The van der Waals surface area contributed by atoms with Crippen molar-refractivity contribution < 1.29 is 19.8 Å². The maximum atomic E-state index is 12.0. The van der Waals surface area contributed by atoms with Gasteiger partial charge in [-0.15, -0.1) is 0 Å². The number of carbonyl (C=O) groups excluding carboxylic acids is 2. The maximum Gasteiger partial charge on any atom is 0.222 e. The molecule has 1 aliphatic rings. The summed E-state index contributed by atoms with van der Waals surface area (Å²) in [7, 11) is 1.00. The second kappa shape index (κ2) is 9.13. The van der Waals surface area contributed by atoms with Crippen molar-refractivity contribution in [3.63, 3.8) is 0 Å². The van der Waals surface area contributed by atoms with Crippen LogP contribution in [0.25, 0.3) is 0 Å². The van der Waals surface area contributed by atoms with Gasteiger partial charge in [0.05, 0.1) is 0 Å². The number of amides is 1. The Hall–Kier alpha value is -1.88. The highest BCUT2D eigenvalue weighted by atomic mass is 16.3. The Morgan fingerprint density at radius 3 is 2.33 bits per heavy atom. The molecule has 1 saturated heterocycles. The predicted octanol–water partition coefficient (Wildman–Crippen LogP) is 1.37. The fourth-order valence-corrected chi connectivity index (χ4v) is 2.36. The Kier molecular flexibility index (Phi) is 7.46. The molecule has 1 fully saturated rings. The number of aliphatic hydroxyl groups excluding tert-OH is 1. The van der Waals surface area contributed by atoms with Gasteiger partial charge in [-0.3, -0.25) is 4.79 Å². The van der Waals surface area contributed by atoms with Gasteiger partial charge < -0.3 is 19.9 Å². The monoisotopic (exact) mass is 293 g/mol. The van der Waals surface area contributed by atoms with Crippen molar-refractivity contribution in [2.24, 2.45) is 5.92 Å². The van der Waals surface area contributed by atoms with Crippen molar-refractivity contribution in [2.45, 2.75) is 25.7 Å². The third kappa shape index (κ3) is 5.55. The third-order valence-corrected chi connectivity index (χ3v) is 3.65. The SMILES string of the molecule is CO.O=CC1CCN(C(=O)CCc2ccc(O)cc2)CC1. The van der Waals surface area contributed by atoms with E-state index in [9.17, 15) is 14.7 Å². The minimum absolute atomic E-state index is 0.126. The number of carbonyl (C=O) groups is 2. The fraction of sp³-hybridized carbons (Fsp3) is 0.500. The second-order valence-electron chi connectivity index (χ2n) is 5.02. The average Bonchev–Trinajstić information content (AvgIpc) is 2.56. The normalized spacial score (nSPS) is 15.0. The van der Waals surface area contributed by atoms with Crippen molar-refractivity contribution in [3.05, 3.63) is 29.8 Å². The van der Waals surface area contributed by atoms with Crippen LogP contribution in [0.2, 0.25) is 0 Å². The Morgan fingerprint density at radius 1 is 1.24 bits per heavy atom. The van der Waals surface area contributed by atoms with Crippen LogP contribution in [0.4, 0.5) is 0 Å². The van der Waals surface area contributed by atoms with Crippen LogP contribution in [0.1, 0.15) is 24.8 Å². The van der Waals surface area contributed by atoms with Crippen LogP contribution in [-0.4, -0.2) is 47.5 Å². The van der Waals surface area contributed by atoms with Crippen molar-refractivity contribution in [3.8, 4) is 5.75 Å². The third-order valence-electron chi connectivity index (χ3n) is 3.65. The largest absolute Gasteiger partial charge is 0.508 e. The summed E-state index contributed by atoms with van der Waals surface area (Å²) in [5.41, 5.74) is 1.05. The van der Waals surface area contributed by atoms with E-state index in [0.29, 0.717) is 25.9 Å². The van der Waals surface area contributed by atoms with Crippen molar-refractivity contribution in [2.75, 3.05) is 20.2 Å². The van der Waals surface area contributed by atoms with Gasteiger partial charge in [-0.2, -0.15) is 0 Å². The molecule has 0 spiro atoms. The molecule has 5 nitrogen and oxygen atoms in total. The number of hydrogen-bond acceptors (Lipinski definition) is 4. The molecule has 0 bridgehead atoms. The van der Waals surface area contributed by atoms with Gasteiger partial charge in [-0.05, 0) is 37.0 Å². The topological polar surface area (TPSA) is 77.8 Å². The van der Waals surface area contributed by atoms with Gasteiger partial charge in [0.1, 0.15) is 12.0 Å². The van der Waals surface area contributed by atoms with Crippen LogP contribution in [-0.2, 0) is 16.0 Å². The van der Waals surface area contributed by atoms with Crippen LogP contribution in [0.15, 0.2) is 24.3 Å². The number of aldehydes is 1. The number of piperidine rings is 1. The Morgan fingerprint density at radius 2 is 1.81 bits per heavy atom. The number of aliphatic hydroxyl groups is 1. The van der Waals surface area contributed by atoms with Crippen LogP contribution in [0.5, 0.6) is 5.75 Å². The summed E-state index contributed by atoms with van der Waals surface area (Å²) in [6.45, 7) is 1.38. The quantitative estimate of drug-likeness (QED) is 0.822. The van der Waals surface area contributed by atoms with Gasteiger partial charge in [0.2, 0.25) is 5.91 Å². The van der Waals surface area contributed by atoms with Gasteiger partial charge in [0, 0.05) is 32.5 Å². The first-order valence-electron chi connectivity index (χ1n) is 7.15. The lowest BCUT2D eigenvalue weighted by Crippen LogP contribution is -2.38. The van der Waals surface area contributed by atoms with Gasteiger partial charge in [0.25, 0.3) is 0 Å². The van der Waals surface area contributed by atoms with Crippen molar-refractivity contribution >= 4 is 12.2 Å². The predicted molar refractivity (Wildman–Crippen MR) is 79.9 cm³/mol. The van der Waals surface area contributed by atoms with Gasteiger partial charge in [-0.1, -0.05) is 12.1 Å². The first-order chi connectivity index (χ1) is 10.2. The smallest absolute Gasteiger partial charge is 0.222 e. The lowest BCUT2D eigenvalue weighted by Gasteiger charge is -2.29. The van der Waals surface area contributed by atoms with E-state index in [1.54, 1.807) is 12.1 Å². The summed E-state index contributed by atoms with van der Waals surface area (Å²) >= 11 is 0. The number of aryl methyl sites for hydroxylation is 1. The van der Waals surface area contributed by atoms with E-state index in [1.165, 1.54) is 0 Å². The summed E-state index contributed by atoms with van der Waals surface area (Å²) in [5.74, 6) is 0.518. The molecule has 21 heavy (non-hydrogen) atoms. The lowest BCUT2D eigenvalue weighted by atomic mass is 9.98.